The molecule has 2 aromatic heterocycles. The highest BCUT2D eigenvalue weighted by atomic mass is 16.5. The van der Waals surface area contributed by atoms with Crippen molar-refractivity contribution in [2.75, 3.05) is 18.5 Å². The summed E-state index contributed by atoms with van der Waals surface area (Å²) in [5, 5.41) is 3.21. The van der Waals surface area contributed by atoms with Gasteiger partial charge in [0.1, 0.15) is 0 Å². The molecular weight excluding hydrogens is 340 g/mol. The van der Waals surface area contributed by atoms with Gasteiger partial charge in [0.2, 0.25) is 5.88 Å². The third kappa shape index (κ3) is 6.26. The first-order valence-electron chi connectivity index (χ1n) is 9.18. The Hall–Kier alpha value is -3.15. The van der Waals surface area contributed by atoms with Crippen molar-refractivity contribution in [2.24, 2.45) is 0 Å². The summed E-state index contributed by atoms with van der Waals surface area (Å²) in [7, 11) is 0. The van der Waals surface area contributed by atoms with Gasteiger partial charge in [-0.2, -0.15) is 0 Å². The van der Waals surface area contributed by atoms with E-state index in [0.29, 0.717) is 25.1 Å². The zero-order chi connectivity index (χ0) is 18.7. The molecule has 0 saturated carbocycles. The van der Waals surface area contributed by atoms with Gasteiger partial charge in [-0.25, -0.2) is 15.0 Å². The minimum atomic E-state index is 0.370. The van der Waals surface area contributed by atoms with E-state index in [2.05, 4.69) is 39.3 Å². The highest BCUT2D eigenvalue weighted by Crippen LogP contribution is 2.17. The Bertz CT molecular complexity index is 793. The second-order valence-corrected chi connectivity index (χ2v) is 6.05. The van der Waals surface area contributed by atoms with Crippen LogP contribution in [0.15, 0.2) is 61.1 Å². The molecule has 0 saturated heterocycles. The van der Waals surface area contributed by atoms with Crippen LogP contribution < -0.4 is 14.8 Å². The van der Waals surface area contributed by atoms with E-state index in [1.54, 1.807) is 18.6 Å². The summed E-state index contributed by atoms with van der Waals surface area (Å²) in [6.45, 7) is 3.36. The number of ether oxygens (including phenoxy) is 2. The Kier molecular flexibility index (Phi) is 6.98. The molecule has 2 heterocycles. The van der Waals surface area contributed by atoms with Crippen molar-refractivity contribution in [3.63, 3.8) is 0 Å². The van der Waals surface area contributed by atoms with Gasteiger partial charge in [-0.1, -0.05) is 43.7 Å². The monoisotopic (exact) mass is 364 g/mol. The molecule has 0 radical (unpaired) electrons. The van der Waals surface area contributed by atoms with Crippen molar-refractivity contribution in [3.05, 3.63) is 66.6 Å². The van der Waals surface area contributed by atoms with Crippen molar-refractivity contribution in [3.8, 4) is 11.9 Å². The number of pyridine rings is 1. The van der Waals surface area contributed by atoms with Crippen LogP contribution >= 0.6 is 0 Å². The largest absolute Gasteiger partial charge is 0.478 e. The van der Waals surface area contributed by atoms with Crippen molar-refractivity contribution in [1.82, 2.24) is 15.0 Å². The van der Waals surface area contributed by atoms with Crippen molar-refractivity contribution < 1.29 is 9.47 Å². The van der Waals surface area contributed by atoms with Gasteiger partial charge in [0.05, 0.1) is 43.2 Å². The number of benzene rings is 1. The Balaban J connectivity index is 1.45. The molecule has 27 heavy (non-hydrogen) atoms. The minimum Gasteiger partial charge on any atom is -0.478 e. The molecule has 140 valence electrons. The zero-order valence-corrected chi connectivity index (χ0v) is 15.5. The number of hydrogen-bond donors (Lipinski definition) is 1. The molecule has 0 amide bonds. The number of nitrogens with zero attached hydrogens (tertiary/aromatic N) is 3. The van der Waals surface area contributed by atoms with E-state index in [0.717, 1.165) is 30.6 Å². The van der Waals surface area contributed by atoms with Crippen LogP contribution in [0.2, 0.25) is 0 Å². The first-order chi connectivity index (χ1) is 13.3. The molecule has 6 heteroatoms. The van der Waals surface area contributed by atoms with Crippen molar-refractivity contribution >= 4 is 11.4 Å². The van der Waals surface area contributed by atoms with Crippen LogP contribution in [0.5, 0.6) is 11.9 Å². The predicted octanol–water partition coefficient (Wildman–Crippen LogP) is 4.42. The number of anilines is 2. The fraction of sp³-hybridized carbons (Fsp3) is 0.286. The molecule has 0 fully saturated rings. The number of aromatic nitrogens is 3. The first kappa shape index (κ1) is 18.6. The Labute approximate surface area is 159 Å². The van der Waals surface area contributed by atoms with Crippen molar-refractivity contribution in [1.29, 1.82) is 0 Å². The van der Waals surface area contributed by atoms with Crippen LogP contribution in [-0.2, 0) is 6.42 Å². The molecule has 0 aliphatic heterocycles. The minimum absolute atomic E-state index is 0.370. The maximum Gasteiger partial charge on any atom is 0.316 e. The summed E-state index contributed by atoms with van der Waals surface area (Å²) in [6, 6.07) is 14.3. The lowest BCUT2D eigenvalue weighted by Gasteiger charge is -2.08. The molecule has 1 aromatic carbocycles. The lowest BCUT2D eigenvalue weighted by Crippen LogP contribution is -2.04. The van der Waals surface area contributed by atoms with Gasteiger partial charge >= 0.3 is 6.01 Å². The molecule has 0 atom stereocenters. The fourth-order valence-corrected chi connectivity index (χ4v) is 2.39. The smallest absolute Gasteiger partial charge is 0.316 e. The van der Waals surface area contributed by atoms with Gasteiger partial charge in [-0.15, -0.1) is 0 Å². The number of rotatable bonds is 10. The van der Waals surface area contributed by atoms with Crippen LogP contribution in [0.3, 0.4) is 0 Å². The molecule has 1 N–H and O–H groups in total. The summed E-state index contributed by atoms with van der Waals surface area (Å²) in [5.41, 5.74) is 2.84. The standard InChI is InChI=1S/C21H24N4O2/c1-2-3-12-26-20-10-9-18(14-22-20)25-19-15-23-21(24-16-19)27-13-11-17-7-5-4-6-8-17/h4-10,14-16,25H,2-3,11-13H2,1H3. The van der Waals surface area contributed by atoms with E-state index >= 15 is 0 Å². The molecule has 0 unspecified atom stereocenters. The summed E-state index contributed by atoms with van der Waals surface area (Å²) >= 11 is 0. The molecule has 6 nitrogen and oxygen atoms in total. The average Bonchev–Trinajstić information content (AvgIpc) is 2.72. The average molecular weight is 364 g/mol. The number of nitrogens with one attached hydrogen (secondary N) is 1. The fourth-order valence-electron chi connectivity index (χ4n) is 2.39. The molecular formula is C21H24N4O2. The van der Waals surface area contributed by atoms with E-state index in [-0.39, 0.29) is 0 Å². The van der Waals surface area contributed by atoms with Crippen molar-refractivity contribution in [2.45, 2.75) is 26.2 Å². The van der Waals surface area contributed by atoms with Crippen LogP contribution in [-0.4, -0.2) is 28.2 Å². The molecule has 0 aliphatic carbocycles. The summed E-state index contributed by atoms with van der Waals surface area (Å²) in [4.78, 5) is 12.7. The van der Waals surface area contributed by atoms with Gasteiger partial charge in [-0.05, 0) is 18.1 Å². The second-order valence-electron chi connectivity index (χ2n) is 6.05. The Morgan fingerprint density at radius 2 is 1.59 bits per heavy atom. The summed E-state index contributed by atoms with van der Waals surface area (Å²) < 4.78 is 11.2. The number of hydrogen-bond acceptors (Lipinski definition) is 6. The third-order valence-corrected chi connectivity index (χ3v) is 3.87. The SMILES string of the molecule is CCCCOc1ccc(Nc2cnc(OCCc3ccccc3)nc2)cn1. The third-order valence-electron chi connectivity index (χ3n) is 3.87. The van der Waals surface area contributed by atoms with Crippen LogP contribution in [0.4, 0.5) is 11.4 Å². The zero-order valence-electron chi connectivity index (χ0n) is 15.5. The summed E-state index contributed by atoms with van der Waals surface area (Å²) in [6.07, 6.45) is 8.06. The van der Waals surface area contributed by atoms with E-state index in [1.165, 1.54) is 5.56 Å². The Morgan fingerprint density at radius 1 is 0.815 bits per heavy atom. The molecule has 0 aliphatic rings. The second kappa shape index (κ2) is 10.1. The normalized spacial score (nSPS) is 10.4. The molecule has 3 aromatic rings. The van der Waals surface area contributed by atoms with E-state index in [4.69, 9.17) is 9.47 Å². The maximum absolute atomic E-state index is 5.60. The topological polar surface area (TPSA) is 69.2 Å². The van der Waals surface area contributed by atoms with Gasteiger partial charge in [0.15, 0.2) is 0 Å². The maximum atomic E-state index is 5.60. The van der Waals surface area contributed by atoms with Crippen LogP contribution in [0.25, 0.3) is 0 Å². The molecule has 0 bridgehead atoms. The van der Waals surface area contributed by atoms with Crippen LogP contribution in [0.1, 0.15) is 25.3 Å². The van der Waals surface area contributed by atoms with Gasteiger partial charge in [0, 0.05) is 12.5 Å². The van der Waals surface area contributed by atoms with E-state index in [9.17, 15) is 0 Å². The van der Waals surface area contributed by atoms with Crippen LogP contribution in [0, 0.1) is 0 Å². The Morgan fingerprint density at radius 3 is 2.30 bits per heavy atom. The van der Waals surface area contributed by atoms with Gasteiger partial charge < -0.3 is 14.8 Å². The summed E-state index contributed by atoms with van der Waals surface area (Å²) in [5.74, 6) is 0.632. The lowest BCUT2D eigenvalue weighted by atomic mass is 10.2. The number of unbranched alkanes of at least 4 members (excludes halogenated alkanes) is 1. The quantitative estimate of drug-likeness (QED) is 0.537. The first-order valence-corrected chi connectivity index (χ1v) is 9.18. The lowest BCUT2D eigenvalue weighted by molar-refractivity contribution is 0.296. The van der Waals surface area contributed by atoms with Gasteiger partial charge in [0.25, 0.3) is 0 Å². The highest BCUT2D eigenvalue weighted by Gasteiger charge is 2.02. The van der Waals surface area contributed by atoms with E-state index in [1.807, 2.05) is 30.3 Å². The molecule has 3 rings (SSSR count). The molecule has 0 spiro atoms. The van der Waals surface area contributed by atoms with Gasteiger partial charge in [-0.3, -0.25) is 0 Å². The predicted molar refractivity (Wildman–Crippen MR) is 106 cm³/mol. The van der Waals surface area contributed by atoms with E-state index < -0.39 is 0 Å². The highest BCUT2D eigenvalue weighted by molar-refractivity contribution is 5.57.